The summed E-state index contributed by atoms with van der Waals surface area (Å²) in [5.74, 6) is -0.00745. The Morgan fingerprint density at radius 1 is 1.05 bits per heavy atom. The zero-order valence-electron chi connectivity index (χ0n) is 11.9. The number of amides is 1. The number of carbonyl (C=O) groups is 1. The molecular formula is C17H20N2O. The number of hydrogen-bond donors (Lipinski definition) is 2. The fraction of sp³-hybridized carbons (Fsp3) is 0.235. The Balaban J connectivity index is 2.07. The van der Waals surface area contributed by atoms with E-state index in [-0.39, 0.29) is 5.91 Å². The molecule has 3 heteroatoms. The van der Waals surface area contributed by atoms with E-state index in [1.165, 1.54) is 0 Å². The molecule has 0 unspecified atom stereocenters. The molecule has 104 valence electrons. The van der Waals surface area contributed by atoms with Crippen molar-refractivity contribution < 1.29 is 4.79 Å². The first kappa shape index (κ1) is 14.1. The summed E-state index contributed by atoms with van der Waals surface area (Å²) >= 11 is 0. The third kappa shape index (κ3) is 2.99. The van der Waals surface area contributed by atoms with Crippen LogP contribution in [-0.4, -0.2) is 5.91 Å². The van der Waals surface area contributed by atoms with Gasteiger partial charge in [-0.05, 0) is 31.0 Å². The van der Waals surface area contributed by atoms with Crippen LogP contribution in [-0.2, 0) is 16.8 Å². The zero-order valence-corrected chi connectivity index (χ0v) is 11.9. The lowest BCUT2D eigenvalue weighted by Gasteiger charge is -2.24. The van der Waals surface area contributed by atoms with Crippen molar-refractivity contribution in [2.75, 3.05) is 5.73 Å². The van der Waals surface area contributed by atoms with Crippen LogP contribution in [0, 0.1) is 0 Å². The van der Waals surface area contributed by atoms with Crippen molar-refractivity contribution in [1.29, 1.82) is 0 Å². The topological polar surface area (TPSA) is 55.1 Å². The van der Waals surface area contributed by atoms with Gasteiger partial charge in [-0.2, -0.15) is 0 Å². The molecule has 0 saturated carbocycles. The number of carbonyl (C=O) groups excluding carboxylic acids is 1. The van der Waals surface area contributed by atoms with Gasteiger partial charge in [-0.25, -0.2) is 0 Å². The Bertz CT molecular complexity index is 591. The maximum Gasteiger partial charge on any atom is 0.230 e. The molecule has 1 amide bonds. The maximum atomic E-state index is 12.4. The summed E-state index contributed by atoms with van der Waals surface area (Å²) in [7, 11) is 0. The SMILES string of the molecule is CC(C)(C(=O)NCc1ccccc1N)c1ccccc1. The summed E-state index contributed by atoms with van der Waals surface area (Å²) in [4.78, 5) is 12.4. The molecule has 0 fully saturated rings. The number of para-hydroxylation sites is 1. The molecule has 2 aromatic carbocycles. The van der Waals surface area contributed by atoms with E-state index in [2.05, 4.69) is 5.32 Å². The Morgan fingerprint density at radius 3 is 2.30 bits per heavy atom. The summed E-state index contributed by atoms with van der Waals surface area (Å²) in [6.07, 6.45) is 0. The molecule has 0 aliphatic heterocycles. The number of rotatable bonds is 4. The molecule has 0 spiro atoms. The summed E-state index contributed by atoms with van der Waals surface area (Å²) in [6.45, 7) is 4.29. The van der Waals surface area contributed by atoms with Gasteiger partial charge in [0, 0.05) is 12.2 Å². The van der Waals surface area contributed by atoms with Crippen LogP contribution in [0.3, 0.4) is 0 Å². The van der Waals surface area contributed by atoms with Crippen LogP contribution in [0.25, 0.3) is 0 Å². The number of hydrogen-bond acceptors (Lipinski definition) is 2. The highest BCUT2D eigenvalue weighted by Gasteiger charge is 2.29. The highest BCUT2D eigenvalue weighted by Crippen LogP contribution is 2.23. The number of nitrogen functional groups attached to an aromatic ring is 1. The molecule has 0 saturated heterocycles. The Hall–Kier alpha value is -2.29. The molecule has 20 heavy (non-hydrogen) atoms. The molecule has 2 rings (SSSR count). The summed E-state index contributed by atoms with van der Waals surface area (Å²) in [5, 5.41) is 2.96. The first-order chi connectivity index (χ1) is 9.51. The third-order valence-electron chi connectivity index (χ3n) is 3.56. The predicted octanol–water partition coefficient (Wildman–Crippen LogP) is 2.86. The first-order valence-electron chi connectivity index (χ1n) is 6.69. The molecule has 0 atom stereocenters. The van der Waals surface area contributed by atoms with Gasteiger partial charge in [-0.15, -0.1) is 0 Å². The van der Waals surface area contributed by atoms with Gasteiger partial charge >= 0.3 is 0 Å². The van der Waals surface area contributed by atoms with Crippen molar-refractivity contribution in [3.63, 3.8) is 0 Å². The van der Waals surface area contributed by atoms with Crippen LogP contribution in [0.5, 0.6) is 0 Å². The van der Waals surface area contributed by atoms with Crippen molar-refractivity contribution in [3.05, 3.63) is 65.7 Å². The zero-order chi connectivity index (χ0) is 14.6. The fourth-order valence-corrected chi connectivity index (χ4v) is 2.08. The minimum absolute atomic E-state index is 0.00745. The molecule has 0 aromatic heterocycles. The summed E-state index contributed by atoms with van der Waals surface area (Å²) in [6, 6.07) is 17.3. The summed E-state index contributed by atoms with van der Waals surface area (Å²) < 4.78 is 0. The lowest BCUT2D eigenvalue weighted by atomic mass is 9.83. The van der Waals surface area contributed by atoms with E-state index < -0.39 is 5.41 Å². The number of benzene rings is 2. The molecule has 0 radical (unpaired) electrons. The van der Waals surface area contributed by atoms with Crippen molar-refractivity contribution in [1.82, 2.24) is 5.32 Å². The second-order valence-corrected chi connectivity index (χ2v) is 5.37. The molecule has 0 aliphatic rings. The molecule has 0 heterocycles. The quantitative estimate of drug-likeness (QED) is 0.838. The maximum absolute atomic E-state index is 12.4. The van der Waals surface area contributed by atoms with Gasteiger partial charge in [0.1, 0.15) is 0 Å². The minimum Gasteiger partial charge on any atom is -0.398 e. The average Bonchev–Trinajstić information content (AvgIpc) is 2.47. The lowest BCUT2D eigenvalue weighted by molar-refractivity contribution is -0.125. The number of nitrogens with one attached hydrogen (secondary N) is 1. The van der Waals surface area contributed by atoms with E-state index in [1.54, 1.807) is 0 Å². The monoisotopic (exact) mass is 268 g/mol. The average molecular weight is 268 g/mol. The first-order valence-corrected chi connectivity index (χ1v) is 6.69. The molecule has 3 N–H and O–H groups in total. The molecule has 0 bridgehead atoms. The Labute approximate surface area is 119 Å². The van der Waals surface area contributed by atoms with Crippen molar-refractivity contribution >= 4 is 11.6 Å². The van der Waals surface area contributed by atoms with Crippen LogP contribution in [0.15, 0.2) is 54.6 Å². The van der Waals surface area contributed by atoms with Crippen LogP contribution in [0.2, 0.25) is 0 Å². The molecular weight excluding hydrogens is 248 g/mol. The predicted molar refractivity (Wildman–Crippen MR) is 82.2 cm³/mol. The number of nitrogens with two attached hydrogens (primary N) is 1. The molecule has 0 aliphatic carbocycles. The van der Waals surface area contributed by atoms with Crippen LogP contribution < -0.4 is 11.1 Å². The van der Waals surface area contributed by atoms with Gasteiger partial charge in [-0.3, -0.25) is 4.79 Å². The van der Waals surface area contributed by atoms with Crippen molar-refractivity contribution in [3.8, 4) is 0 Å². The van der Waals surface area contributed by atoms with Gasteiger partial charge in [0.25, 0.3) is 0 Å². The smallest absolute Gasteiger partial charge is 0.230 e. The Morgan fingerprint density at radius 2 is 1.65 bits per heavy atom. The normalized spacial score (nSPS) is 11.1. The van der Waals surface area contributed by atoms with Crippen molar-refractivity contribution in [2.24, 2.45) is 0 Å². The van der Waals surface area contributed by atoms with Crippen LogP contribution in [0.4, 0.5) is 5.69 Å². The van der Waals surface area contributed by atoms with E-state index in [9.17, 15) is 4.79 Å². The summed E-state index contributed by atoms with van der Waals surface area (Å²) in [5.41, 5.74) is 7.94. The highest BCUT2D eigenvalue weighted by atomic mass is 16.2. The highest BCUT2D eigenvalue weighted by molar-refractivity contribution is 5.87. The van der Waals surface area contributed by atoms with Gasteiger partial charge in [0.2, 0.25) is 5.91 Å². The van der Waals surface area contributed by atoms with E-state index in [0.717, 1.165) is 11.1 Å². The third-order valence-corrected chi connectivity index (χ3v) is 3.56. The van der Waals surface area contributed by atoms with Crippen LogP contribution in [0.1, 0.15) is 25.0 Å². The van der Waals surface area contributed by atoms with Gasteiger partial charge in [0.15, 0.2) is 0 Å². The van der Waals surface area contributed by atoms with E-state index in [1.807, 2.05) is 68.4 Å². The second kappa shape index (κ2) is 5.78. The molecule has 2 aromatic rings. The number of anilines is 1. The second-order valence-electron chi connectivity index (χ2n) is 5.37. The van der Waals surface area contributed by atoms with Crippen molar-refractivity contribution in [2.45, 2.75) is 25.8 Å². The standard InChI is InChI=1S/C17H20N2O/c1-17(2,14-9-4-3-5-10-14)16(20)19-12-13-8-6-7-11-15(13)18/h3-11H,12,18H2,1-2H3,(H,19,20). The minimum atomic E-state index is -0.565. The Kier molecular flexibility index (Phi) is 4.08. The fourth-order valence-electron chi connectivity index (χ4n) is 2.08. The van der Waals surface area contributed by atoms with Crippen LogP contribution >= 0.6 is 0 Å². The van der Waals surface area contributed by atoms with Gasteiger partial charge < -0.3 is 11.1 Å². The largest absolute Gasteiger partial charge is 0.398 e. The van der Waals surface area contributed by atoms with Gasteiger partial charge in [0.05, 0.1) is 5.41 Å². The molecule has 3 nitrogen and oxygen atoms in total. The van der Waals surface area contributed by atoms with Gasteiger partial charge in [-0.1, -0.05) is 48.5 Å². The van der Waals surface area contributed by atoms with E-state index in [0.29, 0.717) is 12.2 Å². The van der Waals surface area contributed by atoms with E-state index >= 15 is 0 Å². The van der Waals surface area contributed by atoms with E-state index in [4.69, 9.17) is 5.73 Å². The lowest BCUT2D eigenvalue weighted by Crippen LogP contribution is -2.39.